The molecular formula is C15H12ClN5O2S. The fourth-order valence-corrected chi connectivity index (χ4v) is 3.03. The topological polar surface area (TPSA) is 101 Å². The molecule has 0 aliphatic heterocycles. The molecule has 1 aromatic heterocycles. The number of hydrogen-bond acceptors (Lipinski definition) is 5. The molecule has 0 spiro atoms. The van der Waals surface area contributed by atoms with Crippen LogP contribution >= 0.6 is 11.6 Å². The molecule has 9 heteroatoms. The minimum absolute atomic E-state index is 0.377. The zero-order valence-electron chi connectivity index (χ0n) is 12.2. The molecule has 0 radical (unpaired) electrons. The monoisotopic (exact) mass is 361 g/mol. The second-order valence-corrected chi connectivity index (χ2v) is 6.76. The van der Waals surface area contributed by atoms with Crippen LogP contribution in [-0.4, -0.2) is 29.0 Å². The van der Waals surface area contributed by atoms with E-state index in [0.717, 1.165) is 5.41 Å². The molecule has 24 heavy (non-hydrogen) atoms. The summed E-state index contributed by atoms with van der Waals surface area (Å²) in [5.74, 6) is 0.377. The molecule has 2 aromatic carbocycles. The molecule has 0 amide bonds. The van der Waals surface area contributed by atoms with Crippen LogP contribution in [0, 0.1) is 0 Å². The van der Waals surface area contributed by atoms with Crippen LogP contribution in [-0.2, 0) is 10.0 Å². The van der Waals surface area contributed by atoms with Gasteiger partial charge in [-0.25, -0.2) is 8.42 Å². The zero-order chi connectivity index (χ0) is 17.0. The van der Waals surface area contributed by atoms with Crippen LogP contribution in [0.3, 0.4) is 0 Å². The third-order valence-corrected chi connectivity index (χ3v) is 4.42. The highest BCUT2D eigenvalue weighted by Crippen LogP contribution is 2.20. The number of sulfonamides is 1. The van der Waals surface area contributed by atoms with E-state index in [9.17, 15) is 8.42 Å². The number of aromatic amines is 1. The van der Waals surface area contributed by atoms with E-state index < -0.39 is 10.0 Å². The molecular weight excluding hydrogens is 350 g/mol. The summed E-state index contributed by atoms with van der Waals surface area (Å²) in [6, 6.07) is 13.7. The third-order valence-electron chi connectivity index (χ3n) is 3.06. The molecule has 0 bridgehead atoms. The van der Waals surface area contributed by atoms with Gasteiger partial charge in [0, 0.05) is 16.3 Å². The number of nitrogens with zero attached hydrogens (tertiary/aromatic N) is 3. The van der Waals surface area contributed by atoms with Gasteiger partial charge < -0.3 is 0 Å². The van der Waals surface area contributed by atoms with E-state index in [1.807, 2.05) is 0 Å². The van der Waals surface area contributed by atoms with E-state index in [1.54, 1.807) is 48.5 Å². The Hall–Kier alpha value is -2.71. The second-order valence-electron chi connectivity index (χ2n) is 4.79. The van der Waals surface area contributed by atoms with Crippen LogP contribution in [0.15, 0.2) is 53.9 Å². The fraction of sp³-hybridized carbons (Fsp3) is 0. The summed E-state index contributed by atoms with van der Waals surface area (Å²) in [6.07, 6.45) is 1.44. The minimum atomic E-state index is -3.69. The summed E-state index contributed by atoms with van der Waals surface area (Å²) in [4.78, 5) is 0. The lowest BCUT2D eigenvalue weighted by molar-refractivity contribution is 0.609. The van der Waals surface area contributed by atoms with Gasteiger partial charge in [-0.1, -0.05) is 41.9 Å². The molecule has 3 rings (SSSR count). The van der Waals surface area contributed by atoms with Gasteiger partial charge in [-0.15, -0.1) is 10.2 Å². The molecule has 0 aliphatic carbocycles. The fourth-order valence-electron chi connectivity index (χ4n) is 1.98. The Labute approximate surface area is 143 Å². The number of tetrazole rings is 1. The first-order chi connectivity index (χ1) is 11.5. The van der Waals surface area contributed by atoms with Gasteiger partial charge in [-0.2, -0.15) is 5.21 Å². The van der Waals surface area contributed by atoms with E-state index in [0.29, 0.717) is 27.7 Å². The summed E-state index contributed by atoms with van der Waals surface area (Å²) in [6.45, 7) is 0. The quantitative estimate of drug-likeness (QED) is 0.727. The van der Waals surface area contributed by atoms with Crippen molar-refractivity contribution in [2.24, 2.45) is 0 Å². The molecule has 7 nitrogen and oxygen atoms in total. The summed E-state index contributed by atoms with van der Waals surface area (Å²) < 4.78 is 26.8. The van der Waals surface area contributed by atoms with Crippen molar-refractivity contribution in [2.45, 2.75) is 0 Å². The van der Waals surface area contributed by atoms with Crippen molar-refractivity contribution >= 4 is 33.4 Å². The van der Waals surface area contributed by atoms with Gasteiger partial charge in [0.25, 0.3) is 10.0 Å². The average molecular weight is 362 g/mol. The Morgan fingerprint density at radius 1 is 1.12 bits per heavy atom. The van der Waals surface area contributed by atoms with Crippen molar-refractivity contribution in [2.75, 3.05) is 4.72 Å². The van der Waals surface area contributed by atoms with Crippen LogP contribution in [0.5, 0.6) is 0 Å². The maximum atomic E-state index is 12.2. The number of nitrogens with one attached hydrogen (secondary N) is 2. The first-order valence-corrected chi connectivity index (χ1v) is 8.75. The predicted molar refractivity (Wildman–Crippen MR) is 92.6 cm³/mol. The maximum Gasteiger partial charge on any atom is 0.255 e. The first-order valence-electron chi connectivity index (χ1n) is 6.83. The van der Waals surface area contributed by atoms with Gasteiger partial charge >= 0.3 is 0 Å². The van der Waals surface area contributed by atoms with Crippen LogP contribution in [0.1, 0.15) is 5.56 Å². The van der Waals surface area contributed by atoms with Gasteiger partial charge in [0.15, 0.2) is 0 Å². The SMILES string of the molecule is O=S(=O)(C=Cc1ccccc1Cl)Nc1cccc(-c2nn[nH]n2)c1. The molecule has 0 saturated heterocycles. The van der Waals surface area contributed by atoms with E-state index in [2.05, 4.69) is 25.3 Å². The Morgan fingerprint density at radius 3 is 2.71 bits per heavy atom. The van der Waals surface area contributed by atoms with Crippen LogP contribution < -0.4 is 4.72 Å². The largest absolute Gasteiger partial charge is 0.280 e. The second kappa shape index (κ2) is 6.81. The number of aromatic nitrogens is 4. The van der Waals surface area contributed by atoms with E-state index in [-0.39, 0.29) is 0 Å². The van der Waals surface area contributed by atoms with E-state index in [4.69, 9.17) is 11.6 Å². The van der Waals surface area contributed by atoms with Gasteiger partial charge in [-0.3, -0.25) is 4.72 Å². The Balaban J connectivity index is 1.80. The highest BCUT2D eigenvalue weighted by atomic mass is 35.5. The summed E-state index contributed by atoms with van der Waals surface area (Å²) in [5.41, 5.74) is 1.64. The molecule has 0 unspecified atom stereocenters. The number of hydrogen-bond donors (Lipinski definition) is 2. The Bertz CT molecular complexity index is 971. The van der Waals surface area contributed by atoms with E-state index >= 15 is 0 Å². The van der Waals surface area contributed by atoms with Crippen molar-refractivity contribution in [3.8, 4) is 11.4 Å². The maximum absolute atomic E-state index is 12.2. The number of halogens is 1. The van der Waals surface area contributed by atoms with Crippen molar-refractivity contribution < 1.29 is 8.42 Å². The van der Waals surface area contributed by atoms with Crippen molar-refractivity contribution in [1.29, 1.82) is 0 Å². The van der Waals surface area contributed by atoms with Crippen molar-refractivity contribution in [3.05, 3.63) is 64.5 Å². The normalized spacial score (nSPS) is 11.7. The van der Waals surface area contributed by atoms with Gasteiger partial charge in [0.05, 0.1) is 5.41 Å². The lowest BCUT2D eigenvalue weighted by Gasteiger charge is -2.05. The predicted octanol–water partition coefficient (Wildman–Crippen LogP) is 2.93. The summed E-state index contributed by atoms with van der Waals surface area (Å²) in [5, 5.41) is 15.1. The molecule has 0 fully saturated rings. The smallest absolute Gasteiger partial charge is 0.255 e. The molecule has 0 atom stereocenters. The molecule has 3 aromatic rings. The summed E-state index contributed by atoms with van der Waals surface area (Å²) in [7, 11) is -3.69. The molecule has 0 aliphatic rings. The zero-order valence-corrected chi connectivity index (χ0v) is 13.8. The van der Waals surface area contributed by atoms with Crippen molar-refractivity contribution in [3.63, 3.8) is 0 Å². The number of benzene rings is 2. The average Bonchev–Trinajstić information content (AvgIpc) is 3.08. The lowest BCUT2D eigenvalue weighted by atomic mass is 10.2. The van der Waals surface area contributed by atoms with Crippen LogP contribution in [0.25, 0.3) is 17.5 Å². The first kappa shape index (κ1) is 16.2. The highest BCUT2D eigenvalue weighted by molar-refractivity contribution is 7.95. The number of anilines is 1. The summed E-state index contributed by atoms with van der Waals surface area (Å²) >= 11 is 6.00. The Morgan fingerprint density at radius 2 is 1.96 bits per heavy atom. The molecule has 122 valence electrons. The third kappa shape index (κ3) is 3.98. The molecule has 0 saturated carbocycles. The minimum Gasteiger partial charge on any atom is -0.280 e. The molecule has 2 N–H and O–H groups in total. The molecule has 1 heterocycles. The Kier molecular flexibility index (Phi) is 4.59. The van der Waals surface area contributed by atoms with Crippen LogP contribution in [0.4, 0.5) is 5.69 Å². The number of rotatable bonds is 5. The highest BCUT2D eigenvalue weighted by Gasteiger charge is 2.09. The van der Waals surface area contributed by atoms with Crippen molar-refractivity contribution in [1.82, 2.24) is 20.6 Å². The van der Waals surface area contributed by atoms with Crippen LogP contribution in [0.2, 0.25) is 5.02 Å². The van der Waals surface area contributed by atoms with Gasteiger partial charge in [0.2, 0.25) is 5.82 Å². The lowest BCUT2D eigenvalue weighted by Crippen LogP contribution is -2.08. The standard InChI is InChI=1S/C15H12ClN5O2S/c16-14-7-2-1-4-11(14)8-9-24(22,23)19-13-6-3-5-12(10-13)15-17-20-21-18-15/h1-10,19H,(H,17,18,20,21). The number of H-pyrrole nitrogens is 1. The van der Waals surface area contributed by atoms with E-state index in [1.165, 1.54) is 6.08 Å². The van der Waals surface area contributed by atoms with Gasteiger partial charge in [-0.05, 0) is 35.1 Å². The van der Waals surface area contributed by atoms with Gasteiger partial charge in [0.1, 0.15) is 0 Å².